The van der Waals surface area contributed by atoms with Gasteiger partial charge in [-0.3, -0.25) is 9.59 Å². The summed E-state index contributed by atoms with van der Waals surface area (Å²) in [5, 5.41) is 11.9. The Labute approximate surface area is 253 Å². The summed E-state index contributed by atoms with van der Waals surface area (Å²) in [5.41, 5.74) is -0.311. The van der Waals surface area contributed by atoms with Gasteiger partial charge < -0.3 is 14.3 Å². The average molecular weight is 606 g/mol. The van der Waals surface area contributed by atoms with Crippen LogP contribution in [0.15, 0.2) is 63.1 Å². The molecule has 4 aliphatic rings. The summed E-state index contributed by atoms with van der Waals surface area (Å²) in [6, 6.07) is 11.1. The van der Waals surface area contributed by atoms with Crippen molar-refractivity contribution in [3.8, 4) is 0 Å². The summed E-state index contributed by atoms with van der Waals surface area (Å²) < 4.78 is 13.5. The van der Waals surface area contributed by atoms with Gasteiger partial charge in [-0.15, -0.1) is 11.3 Å². The lowest BCUT2D eigenvalue weighted by atomic mass is 9.45. The maximum absolute atomic E-state index is 14.4. The Hall–Kier alpha value is -2.75. The number of thiazole rings is 1. The Morgan fingerprint density at radius 1 is 1.14 bits per heavy atom. The van der Waals surface area contributed by atoms with Crippen LogP contribution in [0.5, 0.6) is 0 Å². The van der Waals surface area contributed by atoms with E-state index in [-0.39, 0.29) is 46.2 Å². The maximum Gasteiger partial charge on any atom is 0.375 e. The van der Waals surface area contributed by atoms with Gasteiger partial charge in [0.15, 0.2) is 21.5 Å². The Bertz CT molecular complexity index is 1560. The van der Waals surface area contributed by atoms with Crippen molar-refractivity contribution in [3.05, 3.63) is 60.1 Å². The van der Waals surface area contributed by atoms with E-state index in [1.54, 1.807) is 23.5 Å². The molecule has 1 N–H and O–H groups in total. The second kappa shape index (κ2) is 10.2. The van der Waals surface area contributed by atoms with Gasteiger partial charge in [0.05, 0.1) is 28.3 Å². The highest BCUT2D eigenvalue weighted by Gasteiger charge is 2.70. The van der Waals surface area contributed by atoms with Gasteiger partial charge >= 0.3 is 5.97 Å². The fourth-order valence-corrected chi connectivity index (χ4v) is 11.1. The van der Waals surface area contributed by atoms with Crippen LogP contribution in [0.2, 0.25) is 0 Å². The summed E-state index contributed by atoms with van der Waals surface area (Å²) in [7, 11) is 0. The largest absolute Gasteiger partial charge is 0.457 e. The van der Waals surface area contributed by atoms with Gasteiger partial charge in [-0.05, 0) is 92.0 Å². The van der Waals surface area contributed by atoms with E-state index in [1.807, 2.05) is 30.3 Å². The summed E-state index contributed by atoms with van der Waals surface area (Å²) in [6.07, 6.45) is 7.00. The van der Waals surface area contributed by atoms with Crippen molar-refractivity contribution < 1.29 is 28.6 Å². The first-order chi connectivity index (χ1) is 20.1. The minimum atomic E-state index is -1.39. The topological polar surface area (TPSA) is 107 Å². The van der Waals surface area contributed by atoms with E-state index in [0.717, 1.165) is 40.2 Å². The molecule has 2 aromatic heterocycles. The van der Waals surface area contributed by atoms with Crippen LogP contribution in [-0.4, -0.2) is 45.1 Å². The van der Waals surface area contributed by atoms with Gasteiger partial charge in [0.1, 0.15) is 0 Å². The summed E-state index contributed by atoms with van der Waals surface area (Å²) in [4.78, 5) is 44.8. The smallest absolute Gasteiger partial charge is 0.375 e. The number of aliphatic hydroxyl groups is 1. The number of carbonyl (C=O) groups is 3. The highest BCUT2D eigenvalue weighted by molar-refractivity contribution is 8.01. The monoisotopic (exact) mass is 605 g/mol. The molecule has 0 unspecified atom stereocenters. The SMILES string of the molecule is C[C@]12CCC(=O)C=C1CC[C@@H]1[C@@H]2[C@@H](O)C[C@@]2(C)[C@H]1CC[C@]2(OC(=O)c1ccco1)C(=O)CSc1nc2ccccc2s1. The first-order valence-corrected chi connectivity index (χ1v) is 16.7. The predicted octanol–water partition coefficient (Wildman–Crippen LogP) is 6.65. The normalized spacial score (nSPS) is 35.7. The molecule has 3 saturated carbocycles. The molecule has 42 heavy (non-hydrogen) atoms. The number of allylic oxidation sites excluding steroid dienone is 1. The predicted molar refractivity (Wildman–Crippen MR) is 160 cm³/mol. The zero-order valence-corrected chi connectivity index (χ0v) is 25.5. The van der Waals surface area contributed by atoms with Crippen LogP contribution >= 0.6 is 23.1 Å². The lowest BCUT2D eigenvalue weighted by Gasteiger charge is -2.60. The molecule has 7 rings (SSSR count). The number of carbonyl (C=O) groups excluding carboxylic acids is 3. The van der Waals surface area contributed by atoms with Crippen LogP contribution in [0.1, 0.15) is 69.3 Å². The van der Waals surface area contributed by atoms with E-state index in [4.69, 9.17) is 9.15 Å². The number of para-hydroxylation sites is 1. The highest BCUT2D eigenvalue weighted by Crippen LogP contribution is 2.68. The highest BCUT2D eigenvalue weighted by atomic mass is 32.2. The summed E-state index contributed by atoms with van der Waals surface area (Å²) in [6.45, 7) is 4.27. The fourth-order valence-electron chi connectivity index (χ4n) is 9.12. The molecule has 3 aromatic rings. The summed E-state index contributed by atoms with van der Waals surface area (Å²) in [5.74, 6) is -0.161. The summed E-state index contributed by atoms with van der Waals surface area (Å²) >= 11 is 2.93. The molecule has 9 heteroatoms. The molecule has 4 aliphatic carbocycles. The standard InChI is InChI=1S/C33H35NO6S2/c1-31-13-11-20(35)16-19(31)9-10-21-22-12-14-33(32(22,2)17-24(36)28(21)31,40-29(38)25-7-5-15-39-25)27(37)18-41-30-34-23-6-3-4-8-26(23)42-30/h3-8,15-16,21-22,24,28,36H,9-14,17-18H2,1-2H3/t21-,22-,24-,28+,31-,32-,33-/m0/s1. The van der Waals surface area contributed by atoms with Crippen molar-refractivity contribution in [2.24, 2.45) is 28.6 Å². The van der Waals surface area contributed by atoms with Gasteiger partial charge in [0, 0.05) is 11.8 Å². The number of benzene rings is 1. The van der Waals surface area contributed by atoms with E-state index in [1.165, 1.54) is 23.6 Å². The first kappa shape index (κ1) is 28.0. The van der Waals surface area contributed by atoms with Crippen LogP contribution < -0.4 is 0 Å². The van der Waals surface area contributed by atoms with E-state index in [2.05, 4.69) is 18.8 Å². The van der Waals surface area contributed by atoms with Crippen molar-refractivity contribution in [3.63, 3.8) is 0 Å². The number of ketones is 2. The molecule has 220 valence electrons. The van der Waals surface area contributed by atoms with Gasteiger partial charge in [0.25, 0.3) is 0 Å². The molecule has 1 aromatic carbocycles. The molecule has 0 amide bonds. The number of fused-ring (bicyclic) bond motifs is 6. The Balaban J connectivity index is 1.22. The van der Waals surface area contributed by atoms with Crippen molar-refractivity contribution in [2.75, 3.05) is 5.75 Å². The average Bonchev–Trinajstić information content (AvgIpc) is 3.70. The first-order valence-electron chi connectivity index (χ1n) is 14.9. The number of thioether (sulfide) groups is 1. The molecule has 7 nitrogen and oxygen atoms in total. The van der Waals surface area contributed by atoms with Crippen LogP contribution in [0, 0.1) is 28.6 Å². The minimum Gasteiger partial charge on any atom is -0.457 e. The van der Waals surface area contributed by atoms with Gasteiger partial charge in [-0.2, -0.15) is 0 Å². The number of hydrogen-bond acceptors (Lipinski definition) is 9. The molecule has 0 aliphatic heterocycles. The van der Waals surface area contributed by atoms with Crippen LogP contribution in [-0.2, 0) is 14.3 Å². The van der Waals surface area contributed by atoms with E-state index in [9.17, 15) is 19.5 Å². The third-order valence-electron chi connectivity index (χ3n) is 11.1. The molecule has 0 bridgehead atoms. The molecular formula is C33H35NO6S2. The molecule has 3 fully saturated rings. The quantitative estimate of drug-likeness (QED) is 0.246. The Morgan fingerprint density at radius 2 is 1.98 bits per heavy atom. The number of Topliss-reactive ketones (excluding diaryl/α,β-unsaturated/α-hetero) is 1. The number of ether oxygens (including phenoxy) is 1. The van der Waals surface area contributed by atoms with Crippen LogP contribution in [0.25, 0.3) is 10.2 Å². The Morgan fingerprint density at radius 3 is 2.76 bits per heavy atom. The number of rotatable bonds is 6. The number of furan rings is 1. The number of nitrogens with zero attached hydrogens (tertiary/aromatic N) is 1. The maximum atomic E-state index is 14.4. The van der Waals surface area contributed by atoms with Crippen LogP contribution in [0.3, 0.4) is 0 Å². The molecule has 2 heterocycles. The van der Waals surface area contributed by atoms with E-state index < -0.39 is 23.1 Å². The lowest BCUT2D eigenvalue weighted by Crippen LogP contribution is -2.63. The molecule has 7 atom stereocenters. The van der Waals surface area contributed by atoms with E-state index >= 15 is 0 Å². The van der Waals surface area contributed by atoms with Gasteiger partial charge in [-0.25, -0.2) is 9.78 Å². The van der Waals surface area contributed by atoms with Crippen molar-refractivity contribution in [2.45, 2.75) is 74.8 Å². The third-order valence-corrected chi connectivity index (χ3v) is 13.2. The van der Waals surface area contributed by atoms with E-state index in [0.29, 0.717) is 19.3 Å². The second-order valence-electron chi connectivity index (χ2n) is 13.0. The fraction of sp³-hybridized carbons (Fsp3) is 0.515. The zero-order valence-electron chi connectivity index (χ0n) is 23.8. The Kier molecular flexibility index (Phi) is 6.79. The van der Waals surface area contributed by atoms with Crippen LogP contribution in [0.4, 0.5) is 0 Å². The van der Waals surface area contributed by atoms with Crippen molar-refractivity contribution in [1.29, 1.82) is 0 Å². The second-order valence-corrected chi connectivity index (χ2v) is 15.2. The number of esters is 1. The molecule has 0 radical (unpaired) electrons. The molecule has 0 spiro atoms. The van der Waals surface area contributed by atoms with Crippen molar-refractivity contribution in [1.82, 2.24) is 4.98 Å². The van der Waals surface area contributed by atoms with Gasteiger partial charge in [0.2, 0.25) is 5.76 Å². The molecule has 0 saturated heterocycles. The lowest BCUT2D eigenvalue weighted by molar-refractivity contribution is -0.180. The zero-order chi connectivity index (χ0) is 29.3. The minimum absolute atomic E-state index is 0.00692. The van der Waals surface area contributed by atoms with Gasteiger partial charge in [-0.1, -0.05) is 43.3 Å². The van der Waals surface area contributed by atoms with Crippen molar-refractivity contribution >= 4 is 50.9 Å². The number of aromatic nitrogens is 1. The third kappa shape index (κ3) is 4.18. The number of aliphatic hydroxyl groups excluding tert-OH is 1. The molecular weight excluding hydrogens is 570 g/mol. The number of hydrogen-bond donors (Lipinski definition) is 1.